The molecule has 0 aromatic heterocycles. The lowest BCUT2D eigenvalue weighted by atomic mass is 10.1. The first-order valence-corrected chi connectivity index (χ1v) is 8.21. The maximum Gasteiger partial charge on any atom is 0.269 e. The highest BCUT2D eigenvalue weighted by molar-refractivity contribution is 5.95. The fraction of sp³-hybridized carbons (Fsp3) is 0.263. The van der Waals surface area contributed by atoms with E-state index in [0.717, 1.165) is 17.7 Å². The van der Waals surface area contributed by atoms with E-state index in [1.54, 1.807) is 12.1 Å². The third-order valence-corrected chi connectivity index (χ3v) is 3.89. The first-order valence-electron chi connectivity index (χ1n) is 8.21. The van der Waals surface area contributed by atoms with Crippen molar-refractivity contribution in [3.8, 4) is 5.75 Å². The molecule has 1 fully saturated rings. The lowest BCUT2D eigenvalue weighted by molar-refractivity contribution is -0.130. The molecular formula is C19H20N2O4. The van der Waals surface area contributed by atoms with Gasteiger partial charge in [0, 0.05) is 12.2 Å². The summed E-state index contributed by atoms with van der Waals surface area (Å²) in [5, 5.41) is 0. The predicted octanol–water partition coefficient (Wildman–Crippen LogP) is 2.21. The van der Waals surface area contributed by atoms with Crippen LogP contribution >= 0.6 is 0 Å². The molecular weight excluding hydrogens is 320 g/mol. The van der Waals surface area contributed by atoms with Gasteiger partial charge in [0.1, 0.15) is 18.5 Å². The van der Waals surface area contributed by atoms with Crippen molar-refractivity contribution < 1.29 is 19.1 Å². The molecule has 1 aliphatic heterocycles. The summed E-state index contributed by atoms with van der Waals surface area (Å²) in [5.41, 5.74) is 6.20. The van der Waals surface area contributed by atoms with E-state index in [0.29, 0.717) is 25.2 Å². The van der Waals surface area contributed by atoms with Gasteiger partial charge in [-0.2, -0.15) is 0 Å². The molecule has 1 aliphatic rings. The molecule has 130 valence electrons. The average Bonchev–Trinajstić information content (AvgIpc) is 3.20. The Kier molecular flexibility index (Phi) is 5.64. The number of carbonyl (C=O) groups is 2. The van der Waals surface area contributed by atoms with Crippen molar-refractivity contribution in [2.45, 2.75) is 25.6 Å². The monoisotopic (exact) mass is 340 g/mol. The lowest BCUT2D eigenvalue weighted by Gasteiger charge is -2.11. The molecule has 6 nitrogen and oxygen atoms in total. The van der Waals surface area contributed by atoms with Crippen LogP contribution in [0.5, 0.6) is 5.75 Å². The topological polar surface area (TPSA) is 76.7 Å². The first-order chi connectivity index (χ1) is 12.2. The molecule has 2 amide bonds. The second-order valence-electron chi connectivity index (χ2n) is 5.74. The molecule has 0 radical (unpaired) electrons. The van der Waals surface area contributed by atoms with E-state index < -0.39 is 6.10 Å². The number of hydrogen-bond donors (Lipinski definition) is 2. The van der Waals surface area contributed by atoms with Gasteiger partial charge < -0.3 is 9.47 Å². The standard InChI is InChI=1S/C19H20N2O4/c22-18(20-21-19(23)17-7-4-12-24-17)15-10-8-14(9-11-15)13-25-16-5-2-1-3-6-16/h1-3,5-6,8-11,17H,4,7,12-13H2,(H,20,22)(H,21,23). The van der Waals surface area contributed by atoms with Crippen LogP contribution in [0.15, 0.2) is 54.6 Å². The number of hydrogen-bond acceptors (Lipinski definition) is 4. The van der Waals surface area contributed by atoms with Gasteiger partial charge in [0.25, 0.3) is 11.8 Å². The molecule has 0 spiro atoms. The van der Waals surface area contributed by atoms with Gasteiger partial charge in [-0.3, -0.25) is 20.4 Å². The molecule has 0 aliphatic carbocycles. The quantitative estimate of drug-likeness (QED) is 0.818. The van der Waals surface area contributed by atoms with Gasteiger partial charge >= 0.3 is 0 Å². The van der Waals surface area contributed by atoms with Crippen molar-refractivity contribution in [2.75, 3.05) is 6.61 Å². The van der Waals surface area contributed by atoms with E-state index in [2.05, 4.69) is 10.9 Å². The maximum atomic E-state index is 12.1. The van der Waals surface area contributed by atoms with Crippen molar-refractivity contribution in [2.24, 2.45) is 0 Å². The van der Waals surface area contributed by atoms with Crippen LogP contribution < -0.4 is 15.6 Å². The van der Waals surface area contributed by atoms with E-state index in [1.807, 2.05) is 42.5 Å². The Balaban J connectivity index is 1.47. The highest BCUT2D eigenvalue weighted by atomic mass is 16.5. The van der Waals surface area contributed by atoms with Gasteiger partial charge in [0.2, 0.25) is 0 Å². The van der Waals surface area contributed by atoms with Crippen molar-refractivity contribution >= 4 is 11.8 Å². The molecule has 3 rings (SSSR count). The largest absolute Gasteiger partial charge is 0.489 e. The minimum absolute atomic E-state index is 0.321. The van der Waals surface area contributed by atoms with Crippen LogP contribution in [0.4, 0.5) is 0 Å². The van der Waals surface area contributed by atoms with Gasteiger partial charge in [-0.05, 0) is 42.7 Å². The Hall–Kier alpha value is -2.86. The van der Waals surface area contributed by atoms with Gasteiger partial charge in [-0.15, -0.1) is 0 Å². The lowest BCUT2D eigenvalue weighted by Crippen LogP contribution is -2.46. The van der Waals surface area contributed by atoms with E-state index in [-0.39, 0.29) is 11.8 Å². The summed E-state index contributed by atoms with van der Waals surface area (Å²) < 4.78 is 10.9. The van der Waals surface area contributed by atoms with E-state index in [4.69, 9.17) is 9.47 Å². The molecule has 0 bridgehead atoms. The molecule has 25 heavy (non-hydrogen) atoms. The molecule has 1 atom stereocenters. The molecule has 1 unspecified atom stereocenters. The number of rotatable bonds is 5. The third-order valence-electron chi connectivity index (χ3n) is 3.89. The van der Waals surface area contributed by atoms with Crippen molar-refractivity contribution in [1.82, 2.24) is 10.9 Å². The fourth-order valence-corrected chi connectivity index (χ4v) is 2.49. The summed E-state index contributed by atoms with van der Waals surface area (Å²) in [7, 11) is 0. The maximum absolute atomic E-state index is 12.1. The number of para-hydroxylation sites is 1. The highest BCUT2D eigenvalue weighted by Gasteiger charge is 2.23. The minimum atomic E-state index is -0.474. The SMILES string of the molecule is O=C(NNC(=O)C1CCCO1)c1ccc(COc2ccccc2)cc1. The normalized spacial score (nSPS) is 16.2. The number of nitrogens with one attached hydrogen (secondary N) is 2. The van der Waals surface area contributed by atoms with Crippen LogP contribution in [-0.2, 0) is 16.1 Å². The van der Waals surface area contributed by atoms with Crippen LogP contribution in [0.3, 0.4) is 0 Å². The second kappa shape index (κ2) is 8.30. The molecule has 2 aromatic rings. The Morgan fingerprint density at radius 1 is 1.04 bits per heavy atom. The van der Waals surface area contributed by atoms with E-state index in [1.165, 1.54) is 0 Å². The van der Waals surface area contributed by atoms with Crippen LogP contribution in [-0.4, -0.2) is 24.5 Å². The van der Waals surface area contributed by atoms with Gasteiger partial charge in [-0.1, -0.05) is 30.3 Å². The number of hydrazine groups is 1. The summed E-state index contributed by atoms with van der Waals surface area (Å²) in [6.07, 6.45) is 1.06. The number of benzene rings is 2. The van der Waals surface area contributed by atoms with Crippen molar-refractivity contribution in [3.05, 3.63) is 65.7 Å². The van der Waals surface area contributed by atoms with Crippen molar-refractivity contribution in [1.29, 1.82) is 0 Å². The third kappa shape index (κ3) is 4.81. The summed E-state index contributed by atoms with van der Waals surface area (Å²) in [6.45, 7) is 1.00. The summed E-state index contributed by atoms with van der Waals surface area (Å²) in [5.74, 6) is 0.0989. The van der Waals surface area contributed by atoms with E-state index >= 15 is 0 Å². The van der Waals surface area contributed by atoms with Crippen LogP contribution in [0.25, 0.3) is 0 Å². The molecule has 1 heterocycles. The molecule has 0 saturated carbocycles. The summed E-state index contributed by atoms with van der Waals surface area (Å²) in [6, 6.07) is 16.5. The first kappa shape index (κ1) is 17.0. The predicted molar refractivity (Wildman–Crippen MR) is 91.8 cm³/mol. The molecule has 1 saturated heterocycles. The zero-order valence-electron chi connectivity index (χ0n) is 13.7. The van der Waals surface area contributed by atoms with Crippen LogP contribution in [0, 0.1) is 0 Å². The number of carbonyl (C=O) groups excluding carboxylic acids is 2. The minimum Gasteiger partial charge on any atom is -0.489 e. The smallest absolute Gasteiger partial charge is 0.269 e. The van der Waals surface area contributed by atoms with Crippen molar-refractivity contribution in [3.63, 3.8) is 0 Å². The Bertz CT molecular complexity index is 710. The molecule has 2 N–H and O–H groups in total. The Labute approximate surface area is 146 Å². The zero-order valence-corrected chi connectivity index (χ0v) is 13.7. The fourth-order valence-electron chi connectivity index (χ4n) is 2.49. The highest BCUT2D eigenvalue weighted by Crippen LogP contribution is 2.13. The number of amides is 2. The molecule has 6 heteroatoms. The van der Waals surface area contributed by atoms with Gasteiger partial charge in [-0.25, -0.2) is 0 Å². The van der Waals surface area contributed by atoms with Crippen LogP contribution in [0.2, 0.25) is 0 Å². The van der Waals surface area contributed by atoms with Gasteiger partial charge in [0.15, 0.2) is 0 Å². The average molecular weight is 340 g/mol. The summed E-state index contributed by atoms with van der Waals surface area (Å²) >= 11 is 0. The van der Waals surface area contributed by atoms with Gasteiger partial charge in [0.05, 0.1) is 0 Å². The van der Waals surface area contributed by atoms with Crippen LogP contribution in [0.1, 0.15) is 28.8 Å². The van der Waals surface area contributed by atoms with E-state index in [9.17, 15) is 9.59 Å². The number of ether oxygens (including phenoxy) is 2. The molecule has 2 aromatic carbocycles. The second-order valence-corrected chi connectivity index (χ2v) is 5.74. The zero-order chi connectivity index (χ0) is 17.5. The Morgan fingerprint density at radius 2 is 1.80 bits per heavy atom. The Morgan fingerprint density at radius 3 is 2.48 bits per heavy atom. The summed E-state index contributed by atoms with van der Waals surface area (Å²) in [4.78, 5) is 23.8.